The van der Waals surface area contributed by atoms with Crippen LogP contribution in [0, 0.1) is 5.41 Å². The monoisotopic (exact) mass is 448 g/mol. The van der Waals surface area contributed by atoms with Gasteiger partial charge in [0.1, 0.15) is 0 Å². The van der Waals surface area contributed by atoms with Crippen LogP contribution in [-0.2, 0) is 0 Å². The highest BCUT2D eigenvalue weighted by molar-refractivity contribution is 6.30. The minimum absolute atomic E-state index is 0.00900. The minimum Gasteiger partial charge on any atom is -0.465 e. The van der Waals surface area contributed by atoms with Gasteiger partial charge in [-0.15, -0.1) is 0 Å². The van der Waals surface area contributed by atoms with E-state index < -0.39 is 6.09 Å². The van der Waals surface area contributed by atoms with Crippen molar-refractivity contribution in [2.45, 2.75) is 52.2 Å². The zero-order valence-electron chi connectivity index (χ0n) is 18.0. The molecule has 0 bridgehead atoms. The quantitative estimate of drug-likeness (QED) is 0.574. The van der Waals surface area contributed by atoms with Gasteiger partial charge in [-0.25, -0.2) is 4.79 Å². The summed E-state index contributed by atoms with van der Waals surface area (Å²) in [6, 6.07) is 15.8. The first-order chi connectivity index (χ1) is 14.1. The predicted octanol–water partition coefficient (Wildman–Crippen LogP) is 6.57. The first kappa shape index (κ1) is 22.9. The average molecular weight is 449 g/mol. The molecule has 162 valence electrons. The Morgan fingerprint density at radius 3 is 1.83 bits per heavy atom. The molecule has 1 aliphatic rings. The van der Waals surface area contributed by atoms with Crippen LogP contribution in [0.2, 0.25) is 10.0 Å². The van der Waals surface area contributed by atoms with Gasteiger partial charge in [0.15, 0.2) is 0 Å². The summed E-state index contributed by atoms with van der Waals surface area (Å²) in [5.41, 5.74) is 2.08. The highest BCUT2D eigenvalue weighted by Gasteiger charge is 2.46. The third kappa shape index (κ3) is 4.77. The number of piperazine rings is 1. The number of nitrogens with zero attached hydrogens (tertiary/aromatic N) is 2. The summed E-state index contributed by atoms with van der Waals surface area (Å²) in [4.78, 5) is 16.1. The molecule has 30 heavy (non-hydrogen) atoms. The molecule has 1 amide bonds. The van der Waals surface area contributed by atoms with Crippen molar-refractivity contribution in [3.63, 3.8) is 0 Å². The summed E-state index contributed by atoms with van der Waals surface area (Å²) in [6.07, 6.45) is 0.00574. The largest absolute Gasteiger partial charge is 0.465 e. The molecule has 2 aromatic rings. The van der Waals surface area contributed by atoms with Gasteiger partial charge in [-0.05, 0) is 47.2 Å². The fourth-order valence-electron chi connectivity index (χ4n) is 4.82. The van der Waals surface area contributed by atoms with E-state index in [1.54, 1.807) is 4.90 Å². The summed E-state index contributed by atoms with van der Waals surface area (Å²) in [6.45, 7) is 9.65. The highest BCUT2D eigenvalue weighted by Crippen LogP contribution is 2.40. The van der Waals surface area contributed by atoms with Gasteiger partial charge in [-0.2, -0.15) is 0 Å². The molecule has 1 heterocycles. The smallest absolute Gasteiger partial charge is 0.407 e. The Bertz CT molecular complexity index is 817. The second-order valence-electron chi connectivity index (χ2n) is 9.01. The molecular weight excluding hydrogens is 419 g/mol. The molecule has 2 aromatic carbocycles. The first-order valence-electron chi connectivity index (χ1n) is 10.4. The van der Waals surface area contributed by atoms with Gasteiger partial charge in [0.05, 0.1) is 12.1 Å². The standard InChI is InChI=1S/C24H30Cl2N2O2/c1-5-20-22(24(2,3)4)28(23(29)30)15-14-27(20)21(16-6-10-18(25)11-7-16)17-8-12-19(26)13-9-17/h6-13,20-22H,5,14-15H2,1-4H3,(H,29,30). The molecule has 1 saturated heterocycles. The number of hydrogen-bond acceptors (Lipinski definition) is 2. The number of halogens is 2. The van der Waals surface area contributed by atoms with E-state index in [1.165, 1.54) is 0 Å². The van der Waals surface area contributed by atoms with Gasteiger partial charge in [0, 0.05) is 29.2 Å². The topological polar surface area (TPSA) is 43.8 Å². The zero-order valence-corrected chi connectivity index (χ0v) is 19.5. The Morgan fingerprint density at radius 1 is 1.00 bits per heavy atom. The van der Waals surface area contributed by atoms with Crippen LogP contribution >= 0.6 is 23.2 Å². The summed E-state index contributed by atoms with van der Waals surface area (Å²) in [5.74, 6) is 0. The van der Waals surface area contributed by atoms with E-state index in [0.717, 1.165) is 17.5 Å². The van der Waals surface area contributed by atoms with E-state index in [4.69, 9.17) is 23.2 Å². The Morgan fingerprint density at radius 2 is 1.47 bits per heavy atom. The number of carboxylic acid groups (broad SMARTS) is 1. The normalized spacial score (nSPS) is 20.6. The third-order valence-electron chi connectivity index (χ3n) is 5.98. The first-order valence-corrected chi connectivity index (χ1v) is 11.1. The van der Waals surface area contributed by atoms with Crippen molar-refractivity contribution in [1.29, 1.82) is 0 Å². The maximum atomic E-state index is 12.0. The number of hydrogen-bond donors (Lipinski definition) is 1. The Kier molecular flexibility index (Phi) is 7.01. The van der Waals surface area contributed by atoms with Crippen LogP contribution in [0.15, 0.2) is 48.5 Å². The van der Waals surface area contributed by atoms with Crippen LogP contribution in [0.4, 0.5) is 4.79 Å². The number of benzene rings is 2. The van der Waals surface area contributed by atoms with Crippen LogP contribution in [0.25, 0.3) is 0 Å². The molecule has 1 N–H and O–H groups in total. The van der Waals surface area contributed by atoms with Crippen molar-refractivity contribution < 1.29 is 9.90 Å². The van der Waals surface area contributed by atoms with E-state index in [-0.39, 0.29) is 23.5 Å². The van der Waals surface area contributed by atoms with Gasteiger partial charge in [-0.3, -0.25) is 4.90 Å². The Balaban J connectivity index is 2.10. The van der Waals surface area contributed by atoms with Crippen molar-refractivity contribution in [2.24, 2.45) is 5.41 Å². The molecule has 3 rings (SSSR count). The Hall–Kier alpha value is -1.75. The van der Waals surface area contributed by atoms with Gasteiger partial charge < -0.3 is 10.0 Å². The molecule has 1 aliphatic heterocycles. The van der Waals surface area contributed by atoms with Gasteiger partial charge in [-0.1, -0.05) is 75.2 Å². The number of carbonyl (C=O) groups is 1. The van der Waals surface area contributed by atoms with Crippen molar-refractivity contribution in [2.75, 3.05) is 13.1 Å². The molecule has 6 heteroatoms. The SMILES string of the molecule is CCC1C(C(C)(C)C)N(C(=O)O)CCN1C(c1ccc(Cl)cc1)c1ccc(Cl)cc1. The molecular formula is C24H30Cl2N2O2. The summed E-state index contributed by atoms with van der Waals surface area (Å²) >= 11 is 12.3. The van der Waals surface area contributed by atoms with Crippen molar-refractivity contribution >= 4 is 29.3 Å². The molecule has 2 unspecified atom stereocenters. The fourth-order valence-corrected chi connectivity index (χ4v) is 5.07. The van der Waals surface area contributed by atoms with Crippen LogP contribution in [-0.4, -0.2) is 46.2 Å². The van der Waals surface area contributed by atoms with Crippen molar-refractivity contribution in [3.05, 3.63) is 69.7 Å². The Labute approximate surface area is 189 Å². The fraction of sp³-hybridized carbons (Fsp3) is 0.458. The minimum atomic E-state index is -0.845. The van der Waals surface area contributed by atoms with E-state index in [1.807, 2.05) is 24.3 Å². The lowest BCUT2D eigenvalue weighted by molar-refractivity contribution is -0.0351. The van der Waals surface area contributed by atoms with E-state index >= 15 is 0 Å². The van der Waals surface area contributed by atoms with E-state index in [9.17, 15) is 9.90 Å². The number of rotatable bonds is 4. The lowest BCUT2D eigenvalue weighted by atomic mass is 9.77. The van der Waals surface area contributed by atoms with Crippen LogP contribution < -0.4 is 0 Å². The average Bonchev–Trinajstić information content (AvgIpc) is 2.69. The zero-order chi connectivity index (χ0) is 22.1. The van der Waals surface area contributed by atoms with Crippen LogP contribution in [0.3, 0.4) is 0 Å². The number of amides is 1. The van der Waals surface area contributed by atoms with Crippen LogP contribution in [0.5, 0.6) is 0 Å². The molecule has 0 saturated carbocycles. The maximum absolute atomic E-state index is 12.0. The molecule has 2 atom stereocenters. The second-order valence-corrected chi connectivity index (χ2v) is 9.88. The van der Waals surface area contributed by atoms with Crippen LogP contribution in [0.1, 0.15) is 51.3 Å². The summed E-state index contributed by atoms with van der Waals surface area (Å²) < 4.78 is 0. The third-order valence-corrected chi connectivity index (χ3v) is 6.48. The molecule has 0 aliphatic carbocycles. The molecule has 1 fully saturated rings. The van der Waals surface area contributed by atoms with Crippen molar-refractivity contribution in [3.8, 4) is 0 Å². The van der Waals surface area contributed by atoms with E-state index in [0.29, 0.717) is 23.1 Å². The predicted molar refractivity (Wildman–Crippen MR) is 124 cm³/mol. The molecule has 0 aromatic heterocycles. The summed E-state index contributed by atoms with van der Waals surface area (Å²) in [5, 5.41) is 11.3. The van der Waals surface area contributed by atoms with Gasteiger partial charge in [0.2, 0.25) is 0 Å². The van der Waals surface area contributed by atoms with Gasteiger partial charge >= 0.3 is 6.09 Å². The van der Waals surface area contributed by atoms with Crippen molar-refractivity contribution in [1.82, 2.24) is 9.80 Å². The summed E-state index contributed by atoms with van der Waals surface area (Å²) in [7, 11) is 0. The molecule has 0 spiro atoms. The van der Waals surface area contributed by atoms with E-state index in [2.05, 4.69) is 56.9 Å². The lowest BCUT2D eigenvalue weighted by Gasteiger charge is -2.53. The second kappa shape index (κ2) is 9.17. The molecule has 4 nitrogen and oxygen atoms in total. The maximum Gasteiger partial charge on any atom is 0.407 e. The highest BCUT2D eigenvalue weighted by atomic mass is 35.5. The van der Waals surface area contributed by atoms with Gasteiger partial charge in [0.25, 0.3) is 0 Å². The lowest BCUT2D eigenvalue weighted by Crippen LogP contribution is -2.65. The molecule has 0 radical (unpaired) electrons.